The Labute approximate surface area is 173 Å². The van der Waals surface area contributed by atoms with Gasteiger partial charge in [-0.3, -0.25) is 9.69 Å². The first-order chi connectivity index (χ1) is 14.1. The van der Waals surface area contributed by atoms with E-state index in [-0.39, 0.29) is 17.4 Å². The lowest BCUT2D eigenvalue weighted by Crippen LogP contribution is -2.38. The zero-order valence-corrected chi connectivity index (χ0v) is 17.1. The summed E-state index contributed by atoms with van der Waals surface area (Å²) in [6, 6.07) is 19.0. The molecule has 0 aliphatic carbocycles. The normalized spacial score (nSPS) is 24.1. The minimum absolute atomic E-state index is 0.0369. The van der Waals surface area contributed by atoms with E-state index in [1.54, 1.807) is 0 Å². The molecule has 1 amide bonds. The molecule has 2 aliphatic rings. The Morgan fingerprint density at radius 3 is 2.62 bits per heavy atom. The molecule has 2 aliphatic heterocycles. The van der Waals surface area contributed by atoms with E-state index in [2.05, 4.69) is 64.8 Å². The summed E-state index contributed by atoms with van der Waals surface area (Å²) in [5.41, 5.74) is 3.71. The number of ether oxygens (including phenoxy) is 1. The number of carbonyl (C=O) groups excluding carboxylic acids is 1. The third kappa shape index (κ3) is 4.95. The molecule has 1 saturated heterocycles. The quantitative estimate of drug-likeness (QED) is 0.712. The molecule has 0 aromatic heterocycles. The number of nitrogens with zero attached hydrogens (tertiary/aromatic N) is 1. The van der Waals surface area contributed by atoms with E-state index in [1.807, 2.05) is 12.1 Å². The van der Waals surface area contributed by atoms with E-state index in [0.717, 1.165) is 44.8 Å². The van der Waals surface area contributed by atoms with Crippen LogP contribution in [0.4, 0.5) is 5.69 Å². The maximum absolute atomic E-state index is 11.2. The third-order valence-corrected chi connectivity index (χ3v) is 6.19. The number of carbonyl (C=O) groups is 1. The van der Waals surface area contributed by atoms with Gasteiger partial charge in [0.1, 0.15) is 0 Å². The predicted octanol–water partition coefficient (Wildman–Crippen LogP) is 4.42. The summed E-state index contributed by atoms with van der Waals surface area (Å²) in [5.74, 6) is -0.0369. The predicted molar refractivity (Wildman–Crippen MR) is 117 cm³/mol. The number of hydrogen-bond donors (Lipinski definition) is 1. The van der Waals surface area contributed by atoms with E-state index < -0.39 is 0 Å². The van der Waals surface area contributed by atoms with E-state index in [0.29, 0.717) is 0 Å². The summed E-state index contributed by atoms with van der Waals surface area (Å²) in [4.78, 5) is 13.8. The van der Waals surface area contributed by atoms with E-state index >= 15 is 0 Å². The molecule has 0 spiro atoms. The molecule has 4 nitrogen and oxygen atoms in total. The lowest BCUT2D eigenvalue weighted by molar-refractivity contribution is -0.114. The van der Waals surface area contributed by atoms with Crippen LogP contribution in [0.2, 0.25) is 0 Å². The van der Waals surface area contributed by atoms with Gasteiger partial charge in [0.05, 0.1) is 12.7 Å². The van der Waals surface area contributed by atoms with Crippen LogP contribution in [0.25, 0.3) is 0 Å². The molecular weight excluding hydrogens is 360 g/mol. The summed E-state index contributed by atoms with van der Waals surface area (Å²) >= 11 is 0. The molecule has 1 fully saturated rings. The van der Waals surface area contributed by atoms with Crippen LogP contribution in [0, 0.1) is 5.41 Å². The SMILES string of the molecule is CC(=O)Nc1ccc(CN2CCC(CCc3ccccc3)(C3C=CCO3)C2)cc1. The fourth-order valence-corrected chi connectivity index (χ4v) is 4.67. The molecule has 2 aromatic carbocycles. The van der Waals surface area contributed by atoms with Crippen LogP contribution >= 0.6 is 0 Å². The lowest BCUT2D eigenvalue weighted by Gasteiger charge is -2.34. The molecule has 0 saturated carbocycles. The molecule has 1 N–H and O–H groups in total. The molecule has 4 rings (SSSR count). The molecule has 2 aromatic rings. The number of amides is 1. The van der Waals surface area contributed by atoms with Crippen LogP contribution in [-0.2, 0) is 22.5 Å². The maximum atomic E-state index is 11.2. The summed E-state index contributed by atoms with van der Waals surface area (Å²) < 4.78 is 6.10. The first-order valence-corrected chi connectivity index (χ1v) is 10.5. The van der Waals surface area contributed by atoms with Crippen molar-refractivity contribution in [3.63, 3.8) is 0 Å². The number of likely N-dealkylation sites (tertiary alicyclic amines) is 1. The van der Waals surface area contributed by atoms with Crippen molar-refractivity contribution in [2.24, 2.45) is 5.41 Å². The fraction of sp³-hybridized carbons (Fsp3) is 0.400. The zero-order valence-electron chi connectivity index (χ0n) is 17.1. The van der Waals surface area contributed by atoms with Crippen molar-refractivity contribution >= 4 is 11.6 Å². The molecule has 2 heterocycles. The zero-order chi connectivity index (χ0) is 20.1. The second-order valence-corrected chi connectivity index (χ2v) is 8.37. The number of rotatable bonds is 7. The summed E-state index contributed by atoms with van der Waals surface area (Å²) in [7, 11) is 0. The van der Waals surface area contributed by atoms with Crippen molar-refractivity contribution < 1.29 is 9.53 Å². The number of anilines is 1. The average Bonchev–Trinajstić information content (AvgIpc) is 3.40. The van der Waals surface area contributed by atoms with E-state index in [1.165, 1.54) is 24.5 Å². The molecule has 4 heteroatoms. The highest BCUT2D eigenvalue weighted by atomic mass is 16.5. The van der Waals surface area contributed by atoms with Gasteiger partial charge in [-0.25, -0.2) is 0 Å². The first kappa shape index (κ1) is 19.9. The van der Waals surface area contributed by atoms with Crippen LogP contribution in [0.5, 0.6) is 0 Å². The summed E-state index contributed by atoms with van der Waals surface area (Å²) in [6.07, 6.45) is 8.06. The second kappa shape index (κ2) is 8.93. The van der Waals surface area contributed by atoms with Gasteiger partial charge in [0.2, 0.25) is 5.91 Å². The monoisotopic (exact) mass is 390 g/mol. The molecular formula is C25H30N2O2. The van der Waals surface area contributed by atoms with Gasteiger partial charge in [-0.2, -0.15) is 0 Å². The Bertz CT molecular complexity index is 847. The van der Waals surface area contributed by atoms with Crippen molar-refractivity contribution in [3.05, 3.63) is 77.9 Å². The Kier molecular flexibility index (Phi) is 6.12. The van der Waals surface area contributed by atoms with Crippen molar-refractivity contribution in [2.45, 2.75) is 38.8 Å². The standard InChI is InChI=1S/C25H30N2O2/c1-20(28)26-23-11-9-22(10-12-23)18-27-16-15-25(19-27,24-8-5-17-29-24)14-13-21-6-3-2-4-7-21/h2-12,24H,13-19H2,1H3,(H,26,28). The minimum atomic E-state index is -0.0369. The van der Waals surface area contributed by atoms with Gasteiger partial charge >= 0.3 is 0 Å². The van der Waals surface area contributed by atoms with E-state index in [9.17, 15) is 4.79 Å². The molecule has 0 bridgehead atoms. The van der Waals surface area contributed by atoms with Gasteiger partial charge in [0.15, 0.2) is 0 Å². The molecule has 2 atom stereocenters. The summed E-state index contributed by atoms with van der Waals surface area (Å²) in [6.45, 7) is 5.36. The highest BCUT2D eigenvalue weighted by Crippen LogP contribution is 2.42. The Balaban J connectivity index is 1.41. The molecule has 152 valence electrons. The number of nitrogens with one attached hydrogen (secondary N) is 1. The van der Waals surface area contributed by atoms with Crippen LogP contribution in [0.15, 0.2) is 66.7 Å². The maximum Gasteiger partial charge on any atom is 0.221 e. The van der Waals surface area contributed by atoms with Crippen molar-refractivity contribution in [1.82, 2.24) is 4.90 Å². The highest BCUT2D eigenvalue weighted by Gasteiger charge is 2.44. The van der Waals surface area contributed by atoms with Gasteiger partial charge in [-0.05, 0) is 49.1 Å². The van der Waals surface area contributed by atoms with Crippen LogP contribution in [0.3, 0.4) is 0 Å². The highest BCUT2D eigenvalue weighted by molar-refractivity contribution is 5.88. The van der Waals surface area contributed by atoms with Crippen molar-refractivity contribution in [3.8, 4) is 0 Å². The smallest absolute Gasteiger partial charge is 0.221 e. The molecule has 29 heavy (non-hydrogen) atoms. The van der Waals surface area contributed by atoms with E-state index in [4.69, 9.17) is 4.74 Å². The topological polar surface area (TPSA) is 41.6 Å². The Morgan fingerprint density at radius 2 is 1.93 bits per heavy atom. The first-order valence-electron chi connectivity index (χ1n) is 10.5. The van der Waals surface area contributed by atoms with Gasteiger partial charge in [0, 0.05) is 31.1 Å². The average molecular weight is 391 g/mol. The Morgan fingerprint density at radius 1 is 1.14 bits per heavy atom. The van der Waals surface area contributed by atoms with Crippen LogP contribution < -0.4 is 5.32 Å². The second-order valence-electron chi connectivity index (χ2n) is 8.37. The number of hydrogen-bond acceptors (Lipinski definition) is 3. The van der Waals surface area contributed by atoms with Crippen molar-refractivity contribution in [1.29, 1.82) is 0 Å². The number of aryl methyl sites for hydroxylation is 1. The van der Waals surface area contributed by atoms with Gasteiger partial charge in [-0.1, -0.05) is 54.6 Å². The van der Waals surface area contributed by atoms with Gasteiger partial charge in [-0.15, -0.1) is 0 Å². The lowest BCUT2D eigenvalue weighted by atomic mass is 9.76. The van der Waals surface area contributed by atoms with Gasteiger partial charge in [0.25, 0.3) is 0 Å². The third-order valence-electron chi connectivity index (χ3n) is 6.19. The number of benzene rings is 2. The largest absolute Gasteiger partial charge is 0.369 e. The fourth-order valence-electron chi connectivity index (χ4n) is 4.67. The Hall–Kier alpha value is -2.43. The van der Waals surface area contributed by atoms with Crippen molar-refractivity contribution in [2.75, 3.05) is 25.0 Å². The van der Waals surface area contributed by atoms with Crippen LogP contribution in [-0.4, -0.2) is 36.6 Å². The minimum Gasteiger partial charge on any atom is -0.369 e. The molecule has 2 unspecified atom stereocenters. The molecule has 0 radical (unpaired) electrons. The van der Waals surface area contributed by atoms with Crippen LogP contribution in [0.1, 0.15) is 30.9 Å². The summed E-state index contributed by atoms with van der Waals surface area (Å²) in [5, 5.41) is 2.83. The van der Waals surface area contributed by atoms with Gasteiger partial charge < -0.3 is 10.1 Å².